The van der Waals surface area contributed by atoms with Gasteiger partial charge in [0.25, 0.3) is 0 Å². The van der Waals surface area contributed by atoms with E-state index in [1.807, 2.05) is 47.2 Å². The molecule has 0 unspecified atom stereocenters. The van der Waals surface area contributed by atoms with Gasteiger partial charge in [-0.15, -0.1) is 6.58 Å². The van der Waals surface area contributed by atoms with Crippen molar-refractivity contribution in [2.75, 3.05) is 0 Å². The lowest BCUT2D eigenvalue weighted by atomic mass is 9.87. The van der Waals surface area contributed by atoms with Gasteiger partial charge < -0.3 is 9.84 Å². The molecule has 38 heavy (non-hydrogen) atoms. The Morgan fingerprint density at radius 3 is 2.21 bits per heavy atom. The number of aromatic nitrogens is 2. The molecule has 1 N–H and O–H groups in total. The highest BCUT2D eigenvalue weighted by atomic mass is 16.5. The van der Waals surface area contributed by atoms with Crippen LogP contribution in [-0.4, -0.2) is 25.8 Å². The Kier molecular flexibility index (Phi) is 13.9. The minimum Gasteiger partial charge on any atom is -0.478 e. The summed E-state index contributed by atoms with van der Waals surface area (Å²) in [5.41, 5.74) is 1.52. The van der Waals surface area contributed by atoms with Gasteiger partial charge in [-0.3, -0.25) is 9.13 Å². The van der Waals surface area contributed by atoms with Crippen molar-refractivity contribution in [2.24, 2.45) is 5.41 Å². The fourth-order valence-electron chi connectivity index (χ4n) is 3.80. The highest BCUT2D eigenvalue weighted by Gasteiger charge is 2.29. The number of imidazole rings is 1. The summed E-state index contributed by atoms with van der Waals surface area (Å²) in [6, 6.07) is 7.55. The van der Waals surface area contributed by atoms with E-state index in [9.17, 15) is 9.59 Å². The number of nitrogens with zero attached hydrogens (tertiary/aromatic N) is 2. The second-order valence-electron chi connectivity index (χ2n) is 11.0. The number of rotatable bonds is 15. The standard InChI is InChI=1S/C24H34N2O4.C8H16/c1-5-7-8-17-25-18-20(26(16-6-2)23(25)29)11-9-10-19-12-14-21(15-13-19)30-24(3,4)22(27)28;1-5-7-8(3,4)6-2/h7-8,12-15,18H,5-6,9-11,16-17H2,1-4H3,(H,27,28);5H,1,6-7H2,2-4H3/b8-7+;. The summed E-state index contributed by atoms with van der Waals surface area (Å²) in [6.45, 7) is 19.0. The third-order valence-electron chi connectivity index (χ3n) is 6.64. The second kappa shape index (κ2) is 16.1. The topological polar surface area (TPSA) is 73.5 Å². The molecule has 0 bridgehead atoms. The van der Waals surface area contributed by atoms with Crippen LogP contribution in [0.2, 0.25) is 0 Å². The largest absolute Gasteiger partial charge is 0.478 e. The van der Waals surface area contributed by atoms with Crippen molar-refractivity contribution < 1.29 is 14.6 Å². The lowest BCUT2D eigenvalue weighted by molar-refractivity contribution is -0.152. The van der Waals surface area contributed by atoms with Gasteiger partial charge in [-0.05, 0) is 75.5 Å². The third-order valence-corrected chi connectivity index (χ3v) is 6.64. The van der Waals surface area contributed by atoms with Gasteiger partial charge in [-0.2, -0.15) is 0 Å². The van der Waals surface area contributed by atoms with E-state index in [0.29, 0.717) is 17.7 Å². The Hall–Kier alpha value is -3.02. The van der Waals surface area contributed by atoms with Crippen molar-refractivity contribution in [1.29, 1.82) is 0 Å². The molecule has 0 atom stereocenters. The first-order valence-corrected chi connectivity index (χ1v) is 14.0. The molecule has 212 valence electrons. The molecule has 0 saturated carbocycles. The van der Waals surface area contributed by atoms with Crippen LogP contribution in [0.5, 0.6) is 5.75 Å². The average molecular weight is 527 g/mol. The summed E-state index contributed by atoms with van der Waals surface area (Å²) in [5.74, 6) is -0.457. The summed E-state index contributed by atoms with van der Waals surface area (Å²) in [7, 11) is 0. The van der Waals surface area contributed by atoms with Gasteiger partial charge in [0.15, 0.2) is 5.60 Å². The summed E-state index contributed by atoms with van der Waals surface area (Å²) in [5, 5.41) is 9.17. The summed E-state index contributed by atoms with van der Waals surface area (Å²) < 4.78 is 9.22. The molecule has 0 amide bonds. The monoisotopic (exact) mass is 526 g/mol. The van der Waals surface area contributed by atoms with Crippen LogP contribution in [-0.2, 0) is 30.7 Å². The average Bonchev–Trinajstić information content (AvgIpc) is 3.15. The van der Waals surface area contributed by atoms with Crippen LogP contribution in [0.15, 0.2) is 60.1 Å². The maximum absolute atomic E-state index is 12.6. The smallest absolute Gasteiger partial charge is 0.347 e. The molecule has 6 heteroatoms. The zero-order valence-electron chi connectivity index (χ0n) is 24.8. The summed E-state index contributed by atoms with van der Waals surface area (Å²) in [4.78, 5) is 23.8. The van der Waals surface area contributed by atoms with Gasteiger partial charge in [0.05, 0.1) is 0 Å². The molecule has 2 rings (SSSR count). The van der Waals surface area contributed by atoms with E-state index >= 15 is 0 Å². The first-order valence-electron chi connectivity index (χ1n) is 14.0. The Bertz CT molecular complexity index is 1070. The minimum absolute atomic E-state index is 0.0650. The molecule has 0 radical (unpaired) electrons. The van der Waals surface area contributed by atoms with Crippen molar-refractivity contribution in [1.82, 2.24) is 9.13 Å². The van der Waals surface area contributed by atoms with E-state index in [-0.39, 0.29) is 5.69 Å². The number of ether oxygens (including phenoxy) is 1. The molecular weight excluding hydrogens is 476 g/mol. The number of aryl methyl sites for hydroxylation is 2. The molecule has 0 spiro atoms. The molecule has 0 aliphatic heterocycles. The van der Waals surface area contributed by atoms with E-state index < -0.39 is 11.6 Å². The van der Waals surface area contributed by atoms with E-state index in [1.165, 1.54) is 20.3 Å². The fourth-order valence-corrected chi connectivity index (χ4v) is 3.80. The molecule has 0 aliphatic rings. The lowest BCUT2D eigenvalue weighted by Gasteiger charge is -2.21. The lowest BCUT2D eigenvalue weighted by Crippen LogP contribution is -2.37. The zero-order chi connectivity index (χ0) is 28.8. The highest BCUT2D eigenvalue weighted by molar-refractivity contribution is 5.76. The number of carboxylic acid groups (broad SMARTS) is 1. The van der Waals surface area contributed by atoms with E-state index in [4.69, 9.17) is 9.84 Å². The Balaban J connectivity index is 0.000000781. The predicted molar refractivity (Wildman–Crippen MR) is 158 cm³/mol. The van der Waals surface area contributed by atoms with Gasteiger partial charge in [0.2, 0.25) is 0 Å². The fraction of sp³-hybridized carbons (Fsp3) is 0.562. The Labute approximate surface area is 230 Å². The van der Waals surface area contributed by atoms with Crippen LogP contribution in [0.4, 0.5) is 0 Å². The van der Waals surface area contributed by atoms with Crippen LogP contribution >= 0.6 is 0 Å². The molecule has 6 nitrogen and oxygen atoms in total. The predicted octanol–water partition coefficient (Wildman–Crippen LogP) is 7.44. The first kappa shape index (κ1) is 33.0. The molecule has 0 aliphatic carbocycles. The van der Waals surface area contributed by atoms with Crippen LogP contribution in [0, 0.1) is 5.41 Å². The quantitative estimate of drug-likeness (QED) is 0.245. The Morgan fingerprint density at radius 1 is 1.05 bits per heavy atom. The summed E-state index contributed by atoms with van der Waals surface area (Å²) >= 11 is 0. The number of carboxylic acids is 1. The van der Waals surface area contributed by atoms with E-state index in [0.717, 1.165) is 56.3 Å². The maximum atomic E-state index is 12.6. The van der Waals surface area contributed by atoms with Crippen LogP contribution in [0.1, 0.15) is 91.8 Å². The number of aliphatic carboxylic acids is 1. The third kappa shape index (κ3) is 11.2. The first-order chi connectivity index (χ1) is 17.9. The van der Waals surface area contributed by atoms with Crippen molar-refractivity contribution in [3.05, 3.63) is 77.0 Å². The molecule has 1 aromatic heterocycles. The van der Waals surface area contributed by atoms with Gasteiger partial charge >= 0.3 is 11.7 Å². The number of hydrogen-bond donors (Lipinski definition) is 1. The summed E-state index contributed by atoms with van der Waals surface area (Å²) in [6.07, 6.45) is 15.0. The van der Waals surface area contributed by atoms with Gasteiger partial charge in [-0.1, -0.05) is 71.4 Å². The van der Waals surface area contributed by atoms with Crippen molar-refractivity contribution in [3.63, 3.8) is 0 Å². The Morgan fingerprint density at radius 2 is 1.71 bits per heavy atom. The molecule has 1 heterocycles. The van der Waals surface area contributed by atoms with Crippen LogP contribution in [0.25, 0.3) is 0 Å². The molecule has 0 fully saturated rings. The number of benzene rings is 1. The van der Waals surface area contributed by atoms with E-state index in [1.54, 1.807) is 4.57 Å². The number of hydrogen-bond acceptors (Lipinski definition) is 3. The van der Waals surface area contributed by atoms with Gasteiger partial charge in [0, 0.05) is 25.0 Å². The minimum atomic E-state index is -1.26. The normalized spacial score (nSPS) is 11.8. The second-order valence-corrected chi connectivity index (χ2v) is 11.0. The van der Waals surface area contributed by atoms with Crippen LogP contribution < -0.4 is 10.4 Å². The highest BCUT2D eigenvalue weighted by Crippen LogP contribution is 2.24. The molecule has 1 aromatic carbocycles. The van der Waals surface area contributed by atoms with E-state index in [2.05, 4.69) is 47.3 Å². The zero-order valence-corrected chi connectivity index (χ0v) is 24.8. The number of carbonyl (C=O) groups is 1. The molecule has 0 saturated heterocycles. The molecular formula is C32H50N2O4. The van der Waals surface area contributed by atoms with Crippen molar-refractivity contribution in [2.45, 2.75) is 112 Å². The van der Waals surface area contributed by atoms with Crippen molar-refractivity contribution in [3.8, 4) is 5.75 Å². The van der Waals surface area contributed by atoms with Gasteiger partial charge in [0.1, 0.15) is 5.75 Å². The number of allylic oxidation sites excluding steroid dienone is 3. The molecule has 2 aromatic rings. The van der Waals surface area contributed by atoms with Crippen molar-refractivity contribution >= 4 is 5.97 Å². The van der Waals surface area contributed by atoms with Crippen LogP contribution in [0.3, 0.4) is 0 Å². The maximum Gasteiger partial charge on any atom is 0.347 e. The van der Waals surface area contributed by atoms with Gasteiger partial charge in [-0.25, -0.2) is 9.59 Å². The SMILES string of the molecule is C=CCC(C)(C)CC.CC/C=C/Cn1cc(CCCc2ccc(OC(C)(C)C(=O)O)cc2)n(CCC)c1=O.